The molecule has 0 heterocycles. The number of hydrogen-bond donors (Lipinski definition) is 3. The van der Waals surface area contributed by atoms with E-state index in [4.69, 9.17) is 16.3 Å². The number of aliphatic hydroxyl groups excluding tert-OH is 1. The monoisotopic (exact) mass is 592 g/mol. The third kappa shape index (κ3) is 8.18. The van der Waals surface area contributed by atoms with Crippen LogP contribution in [0.1, 0.15) is 42.9 Å². The van der Waals surface area contributed by atoms with Crippen molar-refractivity contribution in [2.24, 2.45) is 0 Å². The van der Waals surface area contributed by atoms with Gasteiger partial charge in [-0.1, -0.05) is 54.1 Å². The lowest BCUT2D eigenvalue weighted by molar-refractivity contribution is 0.181. The molecule has 0 radical (unpaired) electrons. The molecule has 0 saturated heterocycles. The smallest absolute Gasteiger partial charge is 0.240 e. The van der Waals surface area contributed by atoms with E-state index in [9.17, 15) is 21.9 Å². The topological polar surface area (TPSA) is 122 Å². The number of sulfone groups is 1. The molecule has 1 aliphatic rings. The van der Waals surface area contributed by atoms with Crippen LogP contribution in [0.5, 0.6) is 5.75 Å². The summed E-state index contributed by atoms with van der Waals surface area (Å²) in [6.07, 6.45) is 2.72. The lowest BCUT2D eigenvalue weighted by Crippen LogP contribution is -2.32. The average Bonchev–Trinajstić information content (AvgIpc) is 2.92. The molecule has 1 aliphatic carbocycles. The van der Waals surface area contributed by atoms with Crippen LogP contribution in [-0.2, 0) is 26.5 Å². The molecule has 0 aliphatic heterocycles. The van der Waals surface area contributed by atoms with Crippen molar-refractivity contribution in [1.29, 1.82) is 0 Å². The minimum atomic E-state index is -3.94. The summed E-state index contributed by atoms with van der Waals surface area (Å²) in [5.41, 5.74) is 2.12. The van der Waals surface area contributed by atoms with E-state index in [0.29, 0.717) is 49.3 Å². The van der Waals surface area contributed by atoms with E-state index in [1.807, 2.05) is 30.3 Å². The van der Waals surface area contributed by atoms with Gasteiger partial charge in [-0.3, -0.25) is 0 Å². The summed E-state index contributed by atoms with van der Waals surface area (Å²) < 4.78 is 57.6. The number of nitrogens with one attached hydrogen (secondary N) is 2. The number of hydrogen-bond acceptors (Lipinski definition) is 7. The van der Waals surface area contributed by atoms with Gasteiger partial charge in [0.25, 0.3) is 0 Å². The van der Waals surface area contributed by atoms with Crippen LogP contribution >= 0.6 is 11.6 Å². The van der Waals surface area contributed by atoms with Gasteiger partial charge in [0, 0.05) is 18.8 Å². The fourth-order valence-corrected chi connectivity index (χ4v) is 7.07. The van der Waals surface area contributed by atoms with E-state index in [2.05, 4.69) is 10.0 Å². The van der Waals surface area contributed by atoms with Gasteiger partial charge in [0.2, 0.25) is 10.0 Å². The second-order valence-electron chi connectivity index (χ2n) is 9.80. The summed E-state index contributed by atoms with van der Waals surface area (Å²) in [4.78, 5) is -0.0222. The Morgan fingerprint density at radius 3 is 2.33 bits per heavy atom. The zero-order chi connectivity index (χ0) is 28.0. The summed E-state index contributed by atoms with van der Waals surface area (Å²) in [6.45, 7) is 0.145. The Bertz CT molecular complexity index is 1470. The van der Waals surface area contributed by atoms with Gasteiger partial charge >= 0.3 is 0 Å². The highest BCUT2D eigenvalue weighted by atomic mass is 35.5. The standard InChI is InChI=1S/C28H33ClN2O6S2/c1-38(33,34)24-12-10-22(11-13-24)31-27-15-14-25(17-26(27)29)39(35,36)30-18-28(32)21-8-5-9-23(16-21)37-19-20-6-3-2-4-7-20/h2-9,14-17,22,24,28,30-32H,10-13,18-19H2,1H3. The van der Waals surface area contributed by atoms with Crippen LogP contribution in [0.15, 0.2) is 77.7 Å². The minimum absolute atomic E-state index is 0.0222. The zero-order valence-electron chi connectivity index (χ0n) is 21.6. The van der Waals surface area contributed by atoms with Crippen LogP contribution in [0.4, 0.5) is 5.69 Å². The Hall–Kier alpha value is -2.63. The fourth-order valence-electron chi connectivity index (χ4n) is 4.58. The maximum atomic E-state index is 12.9. The highest BCUT2D eigenvalue weighted by Gasteiger charge is 2.28. The molecule has 0 aromatic heterocycles. The van der Waals surface area contributed by atoms with Crippen molar-refractivity contribution in [1.82, 2.24) is 4.72 Å². The lowest BCUT2D eigenvalue weighted by atomic mass is 9.95. The van der Waals surface area contributed by atoms with Crippen LogP contribution in [0, 0.1) is 0 Å². The van der Waals surface area contributed by atoms with E-state index in [-0.39, 0.29) is 27.8 Å². The van der Waals surface area contributed by atoms with Crippen molar-refractivity contribution in [2.45, 2.75) is 54.6 Å². The molecule has 1 fully saturated rings. The third-order valence-corrected chi connectivity index (χ3v) is 10.3. The van der Waals surface area contributed by atoms with E-state index in [1.54, 1.807) is 30.3 Å². The molecule has 1 saturated carbocycles. The largest absolute Gasteiger partial charge is 0.489 e. The molecule has 210 valence electrons. The molecule has 8 nitrogen and oxygen atoms in total. The predicted octanol–water partition coefficient (Wildman–Crippen LogP) is 4.70. The van der Waals surface area contributed by atoms with Crippen LogP contribution in [-0.4, -0.2) is 46.0 Å². The van der Waals surface area contributed by atoms with Crippen molar-refractivity contribution in [2.75, 3.05) is 18.1 Å². The summed E-state index contributed by atoms with van der Waals surface area (Å²) in [7, 11) is -6.98. The normalized spacial score (nSPS) is 18.8. The Morgan fingerprint density at radius 1 is 0.949 bits per heavy atom. The van der Waals surface area contributed by atoms with Gasteiger partial charge < -0.3 is 15.2 Å². The third-order valence-electron chi connectivity index (χ3n) is 6.85. The van der Waals surface area contributed by atoms with Gasteiger partial charge in [-0.2, -0.15) is 0 Å². The molecule has 3 N–H and O–H groups in total. The first kappa shape index (κ1) is 29.4. The fraction of sp³-hybridized carbons (Fsp3) is 0.357. The highest BCUT2D eigenvalue weighted by molar-refractivity contribution is 7.91. The first-order valence-corrected chi connectivity index (χ1v) is 16.5. The Labute approximate surface area is 235 Å². The number of sulfonamides is 1. The van der Waals surface area contributed by atoms with Crippen molar-refractivity contribution in [3.63, 3.8) is 0 Å². The number of anilines is 1. The molecular weight excluding hydrogens is 560 g/mol. The summed E-state index contributed by atoms with van der Waals surface area (Å²) >= 11 is 6.39. The van der Waals surface area contributed by atoms with E-state index in [0.717, 1.165) is 5.56 Å². The Balaban J connectivity index is 1.32. The van der Waals surface area contributed by atoms with Gasteiger partial charge in [0.1, 0.15) is 22.2 Å². The summed E-state index contributed by atoms with van der Waals surface area (Å²) in [5.74, 6) is 0.568. The maximum Gasteiger partial charge on any atom is 0.240 e. The van der Waals surface area contributed by atoms with Gasteiger partial charge in [-0.05, 0) is 67.1 Å². The molecule has 11 heteroatoms. The lowest BCUT2D eigenvalue weighted by Gasteiger charge is -2.29. The predicted molar refractivity (Wildman–Crippen MR) is 153 cm³/mol. The Morgan fingerprint density at radius 2 is 1.67 bits per heavy atom. The first-order valence-electron chi connectivity index (χ1n) is 12.7. The van der Waals surface area contributed by atoms with E-state index < -0.39 is 26.0 Å². The molecular formula is C28H33ClN2O6S2. The summed E-state index contributed by atoms with van der Waals surface area (Å²) in [5, 5.41) is 13.9. The van der Waals surface area contributed by atoms with Gasteiger partial charge in [-0.25, -0.2) is 21.6 Å². The van der Waals surface area contributed by atoms with Gasteiger partial charge in [0.15, 0.2) is 0 Å². The van der Waals surface area contributed by atoms with Crippen molar-refractivity contribution in [3.05, 3.63) is 88.9 Å². The molecule has 0 amide bonds. The second-order valence-corrected chi connectivity index (χ2v) is 14.3. The quantitative estimate of drug-likeness (QED) is 0.295. The zero-order valence-corrected chi connectivity index (χ0v) is 24.0. The molecule has 1 unspecified atom stereocenters. The molecule has 0 bridgehead atoms. The first-order chi connectivity index (χ1) is 18.5. The number of rotatable bonds is 11. The maximum absolute atomic E-state index is 12.9. The number of ether oxygens (including phenoxy) is 1. The number of aliphatic hydroxyl groups is 1. The molecule has 4 rings (SSSR count). The molecule has 39 heavy (non-hydrogen) atoms. The molecule has 3 aromatic carbocycles. The van der Waals surface area contributed by atoms with Crippen molar-refractivity contribution >= 4 is 37.1 Å². The number of benzene rings is 3. The van der Waals surface area contributed by atoms with Crippen molar-refractivity contribution in [3.8, 4) is 5.75 Å². The van der Waals surface area contributed by atoms with E-state index in [1.165, 1.54) is 18.4 Å². The average molecular weight is 593 g/mol. The van der Waals surface area contributed by atoms with Crippen LogP contribution in [0.3, 0.4) is 0 Å². The summed E-state index contributed by atoms with van der Waals surface area (Å²) in [6, 6.07) is 21.1. The second kappa shape index (κ2) is 12.7. The number of halogens is 1. The van der Waals surface area contributed by atoms with Crippen LogP contribution in [0.2, 0.25) is 5.02 Å². The molecule has 0 spiro atoms. The van der Waals surface area contributed by atoms with Crippen molar-refractivity contribution < 1.29 is 26.7 Å². The van der Waals surface area contributed by atoms with Crippen LogP contribution < -0.4 is 14.8 Å². The molecule has 3 aromatic rings. The van der Waals surface area contributed by atoms with Gasteiger partial charge in [-0.15, -0.1) is 0 Å². The van der Waals surface area contributed by atoms with Gasteiger partial charge in [0.05, 0.1) is 27.0 Å². The SMILES string of the molecule is CS(=O)(=O)C1CCC(Nc2ccc(S(=O)(=O)NCC(O)c3cccc(OCc4ccccc4)c3)cc2Cl)CC1. The minimum Gasteiger partial charge on any atom is -0.489 e. The Kier molecular flexibility index (Phi) is 9.56. The van der Waals surface area contributed by atoms with E-state index >= 15 is 0 Å². The molecule has 1 atom stereocenters. The van der Waals surface area contributed by atoms with Crippen LogP contribution in [0.25, 0.3) is 0 Å². The highest BCUT2D eigenvalue weighted by Crippen LogP contribution is 2.30.